The standard InChI is InChI=1S/C14H19N3O/c1-4-15-14(12-8-16-17-9-12)11-5-6-13(18-3)10(2)7-11/h5-9,14-15H,4H2,1-3H3,(H,16,17). The van der Waals surface area contributed by atoms with Gasteiger partial charge in [-0.15, -0.1) is 0 Å². The number of H-pyrrole nitrogens is 1. The zero-order valence-corrected chi connectivity index (χ0v) is 11.0. The van der Waals surface area contributed by atoms with E-state index >= 15 is 0 Å². The molecule has 0 amide bonds. The molecule has 0 saturated carbocycles. The highest BCUT2D eigenvalue weighted by atomic mass is 16.5. The Labute approximate surface area is 107 Å². The van der Waals surface area contributed by atoms with Crippen LogP contribution in [0.5, 0.6) is 5.75 Å². The third-order valence-electron chi connectivity index (χ3n) is 3.01. The number of aromatic amines is 1. The Balaban J connectivity index is 2.34. The van der Waals surface area contributed by atoms with Crippen molar-refractivity contribution in [3.05, 3.63) is 47.3 Å². The van der Waals surface area contributed by atoms with Crippen LogP contribution in [0.15, 0.2) is 30.6 Å². The highest BCUT2D eigenvalue weighted by Crippen LogP contribution is 2.26. The van der Waals surface area contributed by atoms with E-state index in [1.165, 1.54) is 5.56 Å². The average Bonchev–Trinajstić information content (AvgIpc) is 2.89. The number of aromatic nitrogens is 2. The zero-order chi connectivity index (χ0) is 13.0. The van der Waals surface area contributed by atoms with Crippen molar-refractivity contribution in [2.24, 2.45) is 0 Å². The lowest BCUT2D eigenvalue weighted by Crippen LogP contribution is -2.21. The van der Waals surface area contributed by atoms with Crippen LogP contribution in [0.4, 0.5) is 0 Å². The van der Waals surface area contributed by atoms with Gasteiger partial charge in [-0.1, -0.05) is 19.1 Å². The highest BCUT2D eigenvalue weighted by Gasteiger charge is 2.14. The van der Waals surface area contributed by atoms with E-state index in [4.69, 9.17) is 4.74 Å². The Hall–Kier alpha value is -1.81. The average molecular weight is 245 g/mol. The molecule has 0 bridgehead atoms. The van der Waals surface area contributed by atoms with Crippen LogP contribution in [0, 0.1) is 6.92 Å². The molecule has 96 valence electrons. The number of nitrogens with one attached hydrogen (secondary N) is 2. The predicted molar refractivity (Wildman–Crippen MR) is 71.8 cm³/mol. The van der Waals surface area contributed by atoms with Crippen molar-refractivity contribution in [3.8, 4) is 5.75 Å². The van der Waals surface area contributed by atoms with Crippen molar-refractivity contribution in [1.29, 1.82) is 0 Å². The van der Waals surface area contributed by atoms with Gasteiger partial charge in [0.2, 0.25) is 0 Å². The van der Waals surface area contributed by atoms with Crippen molar-refractivity contribution in [2.45, 2.75) is 19.9 Å². The van der Waals surface area contributed by atoms with Crippen LogP contribution in [0.25, 0.3) is 0 Å². The second kappa shape index (κ2) is 5.69. The monoisotopic (exact) mass is 245 g/mol. The number of rotatable bonds is 5. The van der Waals surface area contributed by atoms with E-state index in [2.05, 4.69) is 41.5 Å². The van der Waals surface area contributed by atoms with E-state index in [1.807, 2.05) is 18.5 Å². The van der Waals surface area contributed by atoms with E-state index in [0.29, 0.717) is 0 Å². The molecule has 0 aliphatic heterocycles. The Morgan fingerprint density at radius 1 is 1.39 bits per heavy atom. The molecule has 0 spiro atoms. The fraction of sp³-hybridized carbons (Fsp3) is 0.357. The smallest absolute Gasteiger partial charge is 0.121 e. The van der Waals surface area contributed by atoms with Crippen LogP contribution in [0.3, 0.4) is 0 Å². The van der Waals surface area contributed by atoms with E-state index < -0.39 is 0 Å². The van der Waals surface area contributed by atoms with Crippen LogP contribution in [0.1, 0.15) is 29.7 Å². The molecular weight excluding hydrogens is 226 g/mol. The number of aryl methyl sites for hydroxylation is 1. The van der Waals surface area contributed by atoms with Gasteiger partial charge in [0.05, 0.1) is 19.3 Å². The molecule has 0 radical (unpaired) electrons. The fourth-order valence-electron chi connectivity index (χ4n) is 2.13. The second-order valence-electron chi connectivity index (χ2n) is 4.25. The summed E-state index contributed by atoms with van der Waals surface area (Å²) in [5.74, 6) is 0.918. The molecule has 0 saturated heterocycles. The number of hydrogen-bond donors (Lipinski definition) is 2. The molecule has 1 aromatic carbocycles. The van der Waals surface area contributed by atoms with Gasteiger partial charge in [-0.05, 0) is 30.7 Å². The van der Waals surface area contributed by atoms with Gasteiger partial charge < -0.3 is 10.1 Å². The van der Waals surface area contributed by atoms with Crippen molar-refractivity contribution in [3.63, 3.8) is 0 Å². The van der Waals surface area contributed by atoms with E-state index in [9.17, 15) is 0 Å². The molecule has 1 atom stereocenters. The summed E-state index contributed by atoms with van der Waals surface area (Å²) in [6.45, 7) is 5.06. The van der Waals surface area contributed by atoms with Crippen molar-refractivity contribution in [1.82, 2.24) is 15.5 Å². The molecule has 0 aliphatic carbocycles. The number of ether oxygens (including phenoxy) is 1. The Morgan fingerprint density at radius 2 is 2.22 bits per heavy atom. The number of hydrogen-bond acceptors (Lipinski definition) is 3. The predicted octanol–water partition coefficient (Wildman–Crippen LogP) is 2.43. The van der Waals surface area contributed by atoms with Crippen molar-refractivity contribution < 1.29 is 4.74 Å². The quantitative estimate of drug-likeness (QED) is 0.850. The lowest BCUT2D eigenvalue weighted by Gasteiger charge is -2.18. The maximum atomic E-state index is 5.29. The first-order valence-corrected chi connectivity index (χ1v) is 6.12. The Kier molecular flexibility index (Phi) is 3.99. The van der Waals surface area contributed by atoms with Crippen molar-refractivity contribution in [2.75, 3.05) is 13.7 Å². The molecule has 4 nitrogen and oxygen atoms in total. The minimum atomic E-state index is 0.165. The van der Waals surface area contributed by atoms with Crippen LogP contribution < -0.4 is 10.1 Å². The molecule has 2 N–H and O–H groups in total. The van der Waals surface area contributed by atoms with Gasteiger partial charge in [-0.2, -0.15) is 5.10 Å². The molecule has 0 fully saturated rings. The summed E-state index contributed by atoms with van der Waals surface area (Å²) in [6, 6.07) is 6.42. The summed E-state index contributed by atoms with van der Waals surface area (Å²) in [6.07, 6.45) is 3.78. The maximum Gasteiger partial charge on any atom is 0.121 e. The first kappa shape index (κ1) is 12.6. The minimum Gasteiger partial charge on any atom is -0.496 e. The lowest BCUT2D eigenvalue weighted by molar-refractivity contribution is 0.411. The largest absolute Gasteiger partial charge is 0.496 e. The van der Waals surface area contributed by atoms with Crippen molar-refractivity contribution >= 4 is 0 Å². The molecular formula is C14H19N3O. The first-order valence-electron chi connectivity index (χ1n) is 6.12. The fourth-order valence-corrected chi connectivity index (χ4v) is 2.13. The normalized spacial score (nSPS) is 12.4. The van der Waals surface area contributed by atoms with Gasteiger partial charge in [0.1, 0.15) is 5.75 Å². The van der Waals surface area contributed by atoms with E-state index in [0.717, 1.165) is 23.4 Å². The molecule has 0 aliphatic rings. The van der Waals surface area contributed by atoms with Crippen LogP contribution in [-0.4, -0.2) is 23.9 Å². The van der Waals surface area contributed by atoms with Crippen LogP contribution >= 0.6 is 0 Å². The molecule has 1 heterocycles. The first-order chi connectivity index (χ1) is 8.76. The van der Waals surface area contributed by atoms with Gasteiger partial charge in [-0.3, -0.25) is 5.10 Å². The summed E-state index contributed by atoms with van der Waals surface area (Å²) in [7, 11) is 1.69. The molecule has 18 heavy (non-hydrogen) atoms. The second-order valence-corrected chi connectivity index (χ2v) is 4.25. The summed E-state index contributed by atoms with van der Waals surface area (Å²) in [5.41, 5.74) is 3.50. The van der Waals surface area contributed by atoms with Gasteiger partial charge in [0, 0.05) is 11.8 Å². The maximum absolute atomic E-state index is 5.29. The van der Waals surface area contributed by atoms with Gasteiger partial charge in [0.25, 0.3) is 0 Å². The number of benzene rings is 1. The van der Waals surface area contributed by atoms with Gasteiger partial charge >= 0.3 is 0 Å². The number of methoxy groups -OCH3 is 1. The minimum absolute atomic E-state index is 0.165. The van der Waals surface area contributed by atoms with Crippen LogP contribution in [-0.2, 0) is 0 Å². The van der Waals surface area contributed by atoms with Gasteiger partial charge in [0.15, 0.2) is 0 Å². The Bertz CT molecular complexity index is 494. The topological polar surface area (TPSA) is 49.9 Å². The summed E-state index contributed by atoms with van der Waals surface area (Å²) in [5, 5.41) is 10.3. The van der Waals surface area contributed by atoms with E-state index in [-0.39, 0.29) is 6.04 Å². The SMILES string of the molecule is CCNC(c1cn[nH]c1)c1ccc(OC)c(C)c1. The lowest BCUT2D eigenvalue weighted by atomic mass is 9.99. The molecule has 2 aromatic rings. The third-order valence-corrected chi connectivity index (χ3v) is 3.01. The summed E-state index contributed by atoms with van der Waals surface area (Å²) in [4.78, 5) is 0. The highest BCUT2D eigenvalue weighted by molar-refractivity contribution is 5.40. The molecule has 1 unspecified atom stereocenters. The molecule has 2 rings (SSSR count). The van der Waals surface area contributed by atoms with Crippen LogP contribution in [0.2, 0.25) is 0 Å². The molecule has 1 aromatic heterocycles. The van der Waals surface area contributed by atoms with E-state index in [1.54, 1.807) is 7.11 Å². The third kappa shape index (κ3) is 2.54. The molecule has 4 heteroatoms. The summed E-state index contributed by atoms with van der Waals surface area (Å²) < 4.78 is 5.29. The number of nitrogens with zero attached hydrogens (tertiary/aromatic N) is 1. The summed E-state index contributed by atoms with van der Waals surface area (Å²) >= 11 is 0. The van der Waals surface area contributed by atoms with Gasteiger partial charge in [-0.25, -0.2) is 0 Å². The zero-order valence-electron chi connectivity index (χ0n) is 11.0. The Morgan fingerprint density at radius 3 is 2.78 bits per heavy atom.